The molecule has 0 N–H and O–H groups in total. The molecule has 0 aliphatic heterocycles. The lowest BCUT2D eigenvalue weighted by Gasteiger charge is -2.20. The predicted octanol–water partition coefficient (Wildman–Crippen LogP) is 2.73. The van der Waals surface area contributed by atoms with E-state index in [9.17, 15) is 0 Å². The van der Waals surface area contributed by atoms with E-state index in [1.165, 1.54) is 0 Å². The highest BCUT2D eigenvalue weighted by Gasteiger charge is 2.20. The number of halogens is 1. The summed E-state index contributed by atoms with van der Waals surface area (Å²) in [6.45, 7) is 0. The van der Waals surface area contributed by atoms with Crippen molar-refractivity contribution in [3.8, 4) is 11.5 Å². The summed E-state index contributed by atoms with van der Waals surface area (Å²) in [6, 6.07) is 3.62. The number of benzene rings is 1. The Balaban J connectivity index is 3.33. The van der Waals surface area contributed by atoms with E-state index < -0.39 is 6.29 Å². The number of methoxy groups -OCH3 is 4. The minimum atomic E-state index is -0.510. The highest BCUT2D eigenvalue weighted by molar-refractivity contribution is 6.17. The Labute approximate surface area is 106 Å². The monoisotopic (exact) mass is 260 g/mol. The van der Waals surface area contributed by atoms with Crippen molar-refractivity contribution in [3.63, 3.8) is 0 Å². The average Bonchev–Trinajstić information content (AvgIpc) is 2.39. The second-order valence-electron chi connectivity index (χ2n) is 3.34. The first-order valence-electron chi connectivity index (χ1n) is 5.08. The van der Waals surface area contributed by atoms with Gasteiger partial charge in [-0.05, 0) is 11.6 Å². The topological polar surface area (TPSA) is 36.9 Å². The zero-order chi connectivity index (χ0) is 12.8. The fourth-order valence-corrected chi connectivity index (χ4v) is 1.87. The van der Waals surface area contributed by atoms with E-state index in [2.05, 4.69) is 0 Å². The van der Waals surface area contributed by atoms with E-state index in [1.54, 1.807) is 34.5 Å². The summed E-state index contributed by atoms with van der Waals surface area (Å²) in [6.07, 6.45) is -0.510. The maximum atomic E-state index is 5.93. The van der Waals surface area contributed by atoms with E-state index in [4.69, 9.17) is 30.5 Å². The lowest BCUT2D eigenvalue weighted by molar-refractivity contribution is -0.107. The predicted molar refractivity (Wildman–Crippen MR) is 65.9 cm³/mol. The van der Waals surface area contributed by atoms with Gasteiger partial charge in [-0.25, -0.2) is 0 Å². The molecule has 0 saturated heterocycles. The summed E-state index contributed by atoms with van der Waals surface area (Å²) in [4.78, 5) is 0. The average molecular weight is 261 g/mol. The van der Waals surface area contributed by atoms with Gasteiger partial charge in [0.25, 0.3) is 0 Å². The molecule has 4 nitrogen and oxygen atoms in total. The van der Waals surface area contributed by atoms with Crippen LogP contribution in [0.4, 0.5) is 0 Å². The van der Waals surface area contributed by atoms with Gasteiger partial charge < -0.3 is 18.9 Å². The third-order valence-corrected chi connectivity index (χ3v) is 2.75. The minimum Gasteiger partial charge on any atom is -0.497 e. The molecule has 1 aromatic carbocycles. The van der Waals surface area contributed by atoms with Gasteiger partial charge in [0.15, 0.2) is 6.29 Å². The summed E-state index contributed by atoms with van der Waals surface area (Å²) in [7, 11) is 6.31. The molecule has 96 valence electrons. The first kappa shape index (κ1) is 14.1. The summed E-state index contributed by atoms with van der Waals surface area (Å²) < 4.78 is 21.0. The van der Waals surface area contributed by atoms with Crippen molar-refractivity contribution in [2.75, 3.05) is 28.4 Å². The van der Waals surface area contributed by atoms with Gasteiger partial charge >= 0.3 is 0 Å². The van der Waals surface area contributed by atoms with Gasteiger partial charge in [-0.1, -0.05) is 0 Å². The van der Waals surface area contributed by atoms with E-state index in [0.717, 1.165) is 11.1 Å². The molecule has 0 aromatic heterocycles. The zero-order valence-electron chi connectivity index (χ0n) is 10.5. The molecule has 5 heteroatoms. The minimum absolute atomic E-state index is 0.326. The van der Waals surface area contributed by atoms with Crippen LogP contribution < -0.4 is 9.47 Å². The Morgan fingerprint density at radius 2 is 1.71 bits per heavy atom. The molecule has 0 atom stereocenters. The number of rotatable bonds is 6. The van der Waals surface area contributed by atoms with Crippen LogP contribution >= 0.6 is 11.6 Å². The number of ether oxygens (including phenoxy) is 4. The number of alkyl halides is 1. The van der Waals surface area contributed by atoms with Gasteiger partial charge in [0, 0.05) is 26.2 Å². The van der Waals surface area contributed by atoms with Crippen molar-refractivity contribution < 1.29 is 18.9 Å². The van der Waals surface area contributed by atoms with Crippen LogP contribution in [0.25, 0.3) is 0 Å². The molecule has 0 saturated carbocycles. The molecule has 0 fully saturated rings. The van der Waals surface area contributed by atoms with Gasteiger partial charge in [0.05, 0.1) is 19.8 Å². The fourth-order valence-electron chi connectivity index (χ4n) is 1.65. The van der Waals surface area contributed by atoms with Crippen LogP contribution in [0.1, 0.15) is 17.4 Å². The molecule has 0 aliphatic carbocycles. The van der Waals surface area contributed by atoms with Gasteiger partial charge in [-0.15, -0.1) is 11.6 Å². The highest BCUT2D eigenvalue weighted by atomic mass is 35.5. The molecule has 1 aromatic rings. The van der Waals surface area contributed by atoms with Crippen LogP contribution in [-0.2, 0) is 15.4 Å². The Morgan fingerprint density at radius 3 is 2.12 bits per heavy atom. The second kappa shape index (κ2) is 6.69. The lowest BCUT2D eigenvalue weighted by Crippen LogP contribution is -2.09. The summed E-state index contributed by atoms with van der Waals surface area (Å²) in [5.74, 6) is 1.65. The van der Waals surface area contributed by atoms with Crippen LogP contribution in [0.15, 0.2) is 12.1 Å². The van der Waals surface area contributed by atoms with Crippen LogP contribution in [-0.4, -0.2) is 28.4 Å². The fraction of sp³-hybridized carbons (Fsp3) is 0.500. The molecular weight excluding hydrogens is 244 g/mol. The molecule has 0 aliphatic rings. The normalized spacial score (nSPS) is 10.7. The summed E-state index contributed by atoms with van der Waals surface area (Å²) in [5.41, 5.74) is 1.64. The molecule has 0 heterocycles. The van der Waals surface area contributed by atoms with E-state index >= 15 is 0 Å². The Kier molecular flexibility index (Phi) is 5.55. The van der Waals surface area contributed by atoms with Gasteiger partial charge in [0.2, 0.25) is 0 Å². The Bertz CT molecular complexity index is 339. The molecule has 0 spiro atoms. The third-order valence-electron chi connectivity index (χ3n) is 2.46. The molecule has 1 rings (SSSR count). The Morgan fingerprint density at radius 1 is 1.06 bits per heavy atom. The van der Waals surface area contributed by atoms with Crippen molar-refractivity contribution in [2.24, 2.45) is 0 Å². The Hall–Kier alpha value is -0.970. The van der Waals surface area contributed by atoms with Gasteiger partial charge in [-0.3, -0.25) is 0 Å². The number of hydrogen-bond donors (Lipinski definition) is 0. The van der Waals surface area contributed by atoms with Crippen LogP contribution in [0.3, 0.4) is 0 Å². The molecule has 0 unspecified atom stereocenters. The number of hydrogen-bond acceptors (Lipinski definition) is 4. The molecule has 0 bridgehead atoms. The molecule has 17 heavy (non-hydrogen) atoms. The molecule has 0 amide bonds. The maximum Gasteiger partial charge on any atom is 0.187 e. The standard InChI is InChI=1S/C12H17ClO4/c1-14-9-5-8(7-13)11(10(6-9)15-2)12(16-3)17-4/h5-6,12H,7H2,1-4H3. The van der Waals surface area contributed by atoms with Crippen LogP contribution in [0.5, 0.6) is 11.5 Å². The van der Waals surface area contributed by atoms with E-state index in [-0.39, 0.29) is 0 Å². The summed E-state index contributed by atoms with van der Waals surface area (Å²) >= 11 is 5.93. The van der Waals surface area contributed by atoms with Crippen molar-refractivity contribution >= 4 is 11.6 Å². The first-order valence-corrected chi connectivity index (χ1v) is 5.61. The van der Waals surface area contributed by atoms with E-state index in [1.807, 2.05) is 6.07 Å². The van der Waals surface area contributed by atoms with Crippen molar-refractivity contribution in [1.82, 2.24) is 0 Å². The quantitative estimate of drug-likeness (QED) is 0.582. The SMILES string of the molecule is COc1cc(CCl)c(C(OC)OC)c(OC)c1. The van der Waals surface area contributed by atoms with E-state index in [0.29, 0.717) is 17.4 Å². The molecular formula is C12H17ClO4. The van der Waals surface area contributed by atoms with Crippen LogP contribution in [0.2, 0.25) is 0 Å². The second-order valence-corrected chi connectivity index (χ2v) is 3.61. The van der Waals surface area contributed by atoms with Crippen molar-refractivity contribution in [3.05, 3.63) is 23.3 Å². The maximum absolute atomic E-state index is 5.93. The summed E-state index contributed by atoms with van der Waals surface area (Å²) in [5, 5.41) is 0. The third kappa shape index (κ3) is 3.03. The smallest absolute Gasteiger partial charge is 0.187 e. The van der Waals surface area contributed by atoms with Crippen molar-refractivity contribution in [2.45, 2.75) is 12.2 Å². The van der Waals surface area contributed by atoms with Gasteiger partial charge in [0.1, 0.15) is 11.5 Å². The highest BCUT2D eigenvalue weighted by Crippen LogP contribution is 2.35. The first-order chi connectivity index (χ1) is 8.21. The van der Waals surface area contributed by atoms with Crippen LogP contribution in [0, 0.1) is 0 Å². The largest absolute Gasteiger partial charge is 0.497 e. The zero-order valence-corrected chi connectivity index (χ0v) is 11.2. The lowest BCUT2D eigenvalue weighted by atomic mass is 10.1. The van der Waals surface area contributed by atoms with Crippen molar-refractivity contribution in [1.29, 1.82) is 0 Å². The van der Waals surface area contributed by atoms with Gasteiger partial charge in [-0.2, -0.15) is 0 Å². The molecule has 0 radical (unpaired) electrons.